The molecule has 0 aliphatic rings. The quantitative estimate of drug-likeness (QED) is 0.737. The predicted octanol–water partition coefficient (Wildman–Crippen LogP) is 2.38. The molecule has 1 aromatic heterocycles. The molecule has 0 saturated heterocycles. The first-order valence-electron chi connectivity index (χ1n) is 4.19. The van der Waals surface area contributed by atoms with E-state index in [0.717, 1.165) is 23.6 Å². The highest BCUT2D eigenvalue weighted by molar-refractivity contribution is 7.97. The second-order valence-electron chi connectivity index (χ2n) is 2.70. The van der Waals surface area contributed by atoms with Gasteiger partial charge in [0.1, 0.15) is 6.07 Å². The summed E-state index contributed by atoms with van der Waals surface area (Å²) in [7, 11) is 0. The van der Waals surface area contributed by atoms with Crippen LogP contribution < -0.4 is 0 Å². The first-order valence-corrected chi connectivity index (χ1v) is 5.59. The van der Waals surface area contributed by atoms with Crippen LogP contribution in [0.4, 0.5) is 0 Å². The second-order valence-corrected chi connectivity index (χ2v) is 3.56. The second kappa shape index (κ2) is 4.88. The van der Waals surface area contributed by atoms with Crippen molar-refractivity contribution in [3.8, 4) is 6.07 Å². The summed E-state index contributed by atoms with van der Waals surface area (Å²) in [6.07, 6.45) is 2.94. The average Bonchev–Trinajstić information content (AvgIpc) is 2.18. The van der Waals surface area contributed by atoms with Crippen molar-refractivity contribution in [3.05, 3.63) is 29.1 Å². The molecule has 0 N–H and O–H groups in total. The molecular weight excluding hydrogens is 180 g/mol. The van der Waals surface area contributed by atoms with Crippen LogP contribution in [0.3, 0.4) is 0 Å². The van der Waals surface area contributed by atoms with E-state index in [1.807, 2.05) is 18.4 Å². The number of hydrogen-bond acceptors (Lipinski definition) is 3. The van der Waals surface area contributed by atoms with Crippen molar-refractivity contribution in [1.82, 2.24) is 4.98 Å². The van der Waals surface area contributed by atoms with Crippen molar-refractivity contribution in [1.29, 1.82) is 5.26 Å². The molecule has 0 fully saturated rings. The molecule has 1 rings (SSSR count). The number of pyridine rings is 1. The number of aryl methyl sites for hydroxylation is 1. The number of thioether (sulfide) groups is 1. The van der Waals surface area contributed by atoms with E-state index < -0.39 is 0 Å². The zero-order valence-corrected chi connectivity index (χ0v) is 8.69. The Balaban J connectivity index is 3.04. The summed E-state index contributed by atoms with van der Waals surface area (Å²) in [6, 6.07) is 5.93. The van der Waals surface area contributed by atoms with Gasteiger partial charge in [-0.2, -0.15) is 17.0 Å². The third kappa shape index (κ3) is 2.46. The molecule has 0 aromatic carbocycles. The Kier molecular flexibility index (Phi) is 3.78. The van der Waals surface area contributed by atoms with Crippen LogP contribution in [0, 0.1) is 11.3 Å². The van der Waals surface area contributed by atoms with E-state index in [0.29, 0.717) is 5.56 Å². The Morgan fingerprint density at radius 1 is 1.54 bits per heavy atom. The minimum atomic E-state index is 0.701. The highest BCUT2D eigenvalue weighted by Crippen LogP contribution is 2.12. The van der Waals surface area contributed by atoms with Crippen molar-refractivity contribution < 1.29 is 0 Å². The van der Waals surface area contributed by atoms with Crippen molar-refractivity contribution in [3.63, 3.8) is 0 Å². The Morgan fingerprint density at radius 2 is 2.31 bits per heavy atom. The lowest BCUT2D eigenvalue weighted by Gasteiger charge is -2.02. The summed E-state index contributed by atoms with van der Waals surface area (Å²) < 4.78 is 0. The van der Waals surface area contributed by atoms with Gasteiger partial charge in [-0.3, -0.25) is 4.98 Å². The van der Waals surface area contributed by atoms with Crippen LogP contribution in [-0.2, 0) is 12.2 Å². The lowest BCUT2D eigenvalue weighted by molar-refractivity contribution is 0.995. The summed E-state index contributed by atoms with van der Waals surface area (Å²) in [5.74, 6) is 0.816. The largest absolute Gasteiger partial charge is 0.256 e. The minimum absolute atomic E-state index is 0.701. The molecule has 0 amide bonds. The molecule has 0 bridgehead atoms. The van der Waals surface area contributed by atoms with E-state index >= 15 is 0 Å². The average molecular weight is 192 g/mol. The van der Waals surface area contributed by atoms with Gasteiger partial charge in [0.2, 0.25) is 0 Å². The first-order chi connectivity index (χ1) is 6.31. The maximum absolute atomic E-state index is 8.81. The van der Waals surface area contributed by atoms with Crippen molar-refractivity contribution in [2.24, 2.45) is 0 Å². The molecule has 0 radical (unpaired) electrons. The van der Waals surface area contributed by atoms with Gasteiger partial charge >= 0.3 is 0 Å². The Hall–Kier alpha value is -1.01. The molecule has 0 unspecified atom stereocenters. The highest BCUT2D eigenvalue weighted by Gasteiger charge is 2.03. The van der Waals surface area contributed by atoms with Crippen LogP contribution in [0.25, 0.3) is 0 Å². The number of nitriles is 1. The number of nitrogens with zero attached hydrogens (tertiary/aromatic N) is 2. The molecule has 68 valence electrons. The van der Waals surface area contributed by atoms with Crippen LogP contribution >= 0.6 is 11.8 Å². The van der Waals surface area contributed by atoms with Crippen LogP contribution in [0.1, 0.15) is 23.9 Å². The summed E-state index contributed by atoms with van der Waals surface area (Å²) in [6.45, 7) is 2.07. The van der Waals surface area contributed by atoms with E-state index in [2.05, 4.69) is 18.0 Å². The fourth-order valence-electron chi connectivity index (χ4n) is 1.09. The van der Waals surface area contributed by atoms with E-state index in [1.165, 1.54) is 0 Å². The van der Waals surface area contributed by atoms with E-state index in [4.69, 9.17) is 5.26 Å². The van der Waals surface area contributed by atoms with Gasteiger partial charge in [-0.1, -0.05) is 6.92 Å². The fraction of sp³-hybridized carbons (Fsp3) is 0.400. The maximum Gasteiger partial charge on any atom is 0.101 e. The smallest absolute Gasteiger partial charge is 0.101 e. The molecule has 1 aromatic rings. The Morgan fingerprint density at radius 3 is 2.85 bits per heavy atom. The predicted molar refractivity (Wildman–Crippen MR) is 55.5 cm³/mol. The van der Waals surface area contributed by atoms with Gasteiger partial charge in [0, 0.05) is 11.4 Å². The molecule has 0 aliphatic carbocycles. The zero-order chi connectivity index (χ0) is 9.68. The summed E-state index contributed by atoms with van der Waals surface area (Å²) in [4.78, 5) is 4.41. The molecule has 0 saturated carbocycles. The van der Waals surface area contributed by atoms with Crippen LogP contribution in [0.15, 0.2) is 12.1 Å². The highest BCUT2D eigenvalue weighted by atomic mass is 32.2. The molecule has 13 heavy (non-hydrogen) atoms. The zero-order valence-electron chi connectivity index (χ0n) is 7.87. The summed E-state index contributed by atoms with van der Waals surface area (Å²) in [5, 5.41) is 8.81. The van der Waals surface area contributed by atoms with E-state index in [-0.39, 0.29) is 0 Å². The summed E-state index contributed by atoms with van der Waals surface area (Å²) >= 11 is 1.69. The van der Waals surface area contributed by atoms with Crippen molar-refractivity contribution in [2.45, 2.75) is 19.1 Å². The van der Waals surface area contributed by atoms with E-state index in [9.17, 15) is 0 Å². The number of rotatable bonds is 3. The van der Waals surface area contributed by atoms with E-state index in [1.54, 1.807) is 11.8 Å². The number of aromatic nitrogens is 1. The molecule has 0 aliphatic heterocycles. The standard InChI is InChI=1S/C10H12N2S/c1-3-9-5-4-8(6-11)10(12-9)7-13-2/h4-5H,3,7H2,1-2H3. The Bertz CT molecular complexity index is 328. The summed E-state index contributed by atoms with van der Waals surface area (Å²) in [5.41, 5.74) is 2.67. The third-order valence-corrected chi connectivity index (χ3v) is 2.36. The van der Waals surface area contributed by atoms with Gasteiger partial charge in [0.15, 0.2) is 0 Å². The van der Waals surface area contributed by atoms with Gasteiger partial charge < -0.3 is 0 Å². The SMILES string of the molecule is CCc1ccc(C#N)c(CSC)n1. The minimum Gasteiger partial charge on any atom is -0.256 e. The normalized spacial score (nSPS) is 9.62. The first kappa shape index (κ1) is 10.1. The van der Waals surface area contributed by atoms with Gasteiger partial charge in [0.05, 0.1) is 11.3 Å². The topological polar surface area (TPSA) is 36.7 Å². The molecule has 2 nitrogen and oxygen atoms in total. The lowest BCUT2D eigenvalue weighted by Crippen LogP contribution is -1.96. The molecular formula is C10H12N2S. The molecule has 0 atom stereocenters. The van der Waals surface area contributed by atoms with Crippen LogP contribution in [0.2, 0.25) is 0 Å². The molecule has 3 heteroatoms. The number of hydrogen-bond donors (Lipinski definition) is 0. The maximum atomic E-state index is 8.81. The third-order valence-electron chi connectivity index (χ3n) is 1.80. The van der Waals surface area contributed by atoms with Crippen LogP contribution in [0.5, 0.6) is 0 Å². The lowest BCUT2D eigenvalue weighted by atomic mass is 10.2. The van der Waals surface area contributed by atoms with Gasteiger partial charge in [-0.05, 0) is 24.8 Å². The Labute approximate surface area is 83.0 Å². The molecule has 1 heterocycles. The van der Waals surface area contributed by atoms with Crippen molar-refractivity contribution in [2.75, 3.05) is 6.26 Å². The molecule has 0 spiro atoms. The monoisotopic (exact) mass is 192 g/mol. The van der Waals surface area contributed by atoms with Gasteiger partial charge in [0.25, 0.3) is 0 Å². The fourth-order valence-corrected chi connectivity index (χ4v) is 1.59. The van der Waals surface area contributed by atoms with Gasteiger partial charge in [-0.15, -0.1) is 0 Å². The van der Waals surface area contributed by atoms with Crippen molar-refractivity contribution >= 4 is 11.8 Å². The van der Waals surface area contributed by atoms with Gasteiger partial charge in [-0.25, -0.2) is 0 Å². The van der Waals surface area contributed by atoms with Crippen LogP contribution in [-0.4, -0.2) is 11.2 Å².